The first-order valence-corrected chi connectivity index (χ1v) is 12.7. The Hall–Kier alpha value is -3.71. The zero-order valence-electron chi connectivity index (χ0n) is 22.5. The van der Waals surface area contributed by atoms with E-state index in [0.29, 0.717) is 28.7 Å². The molecule has 0 unspecified atom stereocenters. The summed E-state index contributed by atoms with van der Waals surface area (Å²) in [6.07, 6.45) is 0.342. The molecule has 8 heteroatoms. The van der Waals surface area contributed by atoms with Gasteiger partial charge in [0.15, 0.2) is 6.61 Å². The molecule has 7 nitrogen and oxygen atoms in total. The number of benzene rings is 3. The molecule has 1 atom stereocenters. The van der Waals surface area contributed by atoms with Crippen molar-refractivity contribution in [2.24, 2.45) is 0 Å². The fraction of sp³-hybridized carbons (Fsp3) is 0.333. The van der Waals surface area contributed by atoms with E-state index < -0.39 is 11.6 Å². The van der Waals surface area contributed by atoms with Crippen molar-refractivity contribution in [3.63, 3.8) is 0 Å². The SMILES string of the molecule is COc1cc(OC)cc(OCC(=O)N(Cc2ccc(Cl)cc2)[C@H](Cc2ccccc2)C(=O)NC(C)(C)C)c1. The molecule has 0 aliphatic rings. The lowest BCUT2D eigenvalue weighted by Gasteiger charge is -2.33. The maximum absolute atomic E-state index is 13.7. The smallest absolute Gasteiger partial charge is 0.261 e. The van der Waals surface area contributed by atoms with Gasteiger partial charge in [-0.25, -0.2) is 0 Å². The van der Waals surface area contributed by atoms with Crippen LogP contribution in [0.2, 0.25) is 5.02 Å². The van der Waals surface area contributed by atoms with Crippen LogP contribution < -0.4 is 19.5 Å². The molecule has 0 spiro atoms. The van der Waals surface area contributed by atoms with Crippen molar-refractivity contribution in [3.05, 3.63) is 88.9 Å². The van der Waals surface area contributed by atoms with Crippen LogP contribution in [0.3, 0.4) is 0 Å². The van der Waals surface area contributed by atoms with Gasteiger partial charge in [0.05, 0.1) is 14.2 Å². The lowest BCUT2D eigenvalue weighted by atomic mass is 10.0. The number of halogens is 1. The van der Waals surface area contributed by atoms with E-state index in [1.54, 1.807) is 49.5 Å². The van der Waals surface area contributed by atoms with Gasteiger partial charge < -0.3 is 24.4 Å². The van der Waals surface area contributed by atoms with E-state index in [4.69, 9.17) is 25.8 Å². The molecule has 3 rings (SSSR count). The molecule has 3 aromatic rings. The van der Waals surface area contributed by atoms with Gasteiger partial charge in [0.2, 0.25) is 5.91 Å². The van der Waals surface area contributed by atoms with E-state index >= 15 is 0 Å². The van der Waals surface area contributed by atoms with Crippen LogP contribution >= 0.6 is 11.6 Å². The van der Waals surface area contributed by atoms with Crippen LogP contribution in [0.1, 0.15) is 31.9 Å². The average Bonchev–Trinajstić information content (AvgIpc) is 2.89. The largest absolute Gasteiger partial charge is 0.496 e. The Balaban J connectivity index is 1.93. The summed E-state index contributed by atoms with van der Waals surface area (Å²) in [5.74, 6) is 0.908. The van der Waals surface area contributed by atoms with Gasteiger partial charge in [-0.2, -0.15) is 0 Å². The molecule has 0 bridgehead atoms. The van der Waals surface area contributed by atoms with Crippen molar-refractivity contribution < 1.29 is 23.8 Å². The Kier molecular flexibility index (Phi) is 10.0. The minimum absolute atomic E-state index is 0.204. The summed E-state index contributed by atoms with van der Waals surface area (Å²) in [7, 11) is 3.08. The molecule has 0 radical (unpaired) electrons. The number of hydrogen-bond acceptors (Lipinski definition) is 5. The normalized spacial score (nSPS) is 11.8. The van der Waals surface area contributed by atoms with Gasteiger partial charge in [0.1, 0.15) is 23.3 Å². The standard InChI is InChI=1S/C30H35ClN2O5/c1-30(2,3)32-29(35)27(15-21-9-7-6-8-10-21)33(19-22-11-13-23(31)14-12-22)28(34)20-38-26-17-24(36-4)16-25(18-26)37-5/h6-14,16-18,27H,15,19-20H2,1-5H3,(H,32,35)/t27-/m1/s1. The van der Waals surface area contributed by atoms with Crippen molar-refractivity contribution in [3.8, 4) is 17.2 Å². The van der Waals surface area contributed by atoms with Gasteiger partial charge in [-0.15, -0.1) is 0 Å². The zero-order valence-corrected chi connectivity index (χ0v) is 23.2. The van der Waals surface area contributed by atoms with E-state index in [1.165, 1.54) is 0 Å². The monoisotopic (exact) mass is 538 g/mol. The van der Waals surface area contributed by atoms with Crippen molar-refractivity contribution in [1.29, 1.82) is 0 Å². The fourth-order valence-electron chi connectivity index (χ4n) is 3.89. The number of nitrogens with zero attached hydrogens (tertiary/aromatic N) is 1. The molecule has 0 aliphatic heterocycles. The number of methoxy groups -OCH3 is 2. The zero-order chi connectivity index (χ0) is 27.7. The van der Waals surface area contributed by atoms with Gasteiger partial charge in [-0.05, 0) is 44.0 Å². The molecule has 3 aromatic carbocycles. The summed E-state index contributed by atoms with van der Waals surface area (Å²) in [6, 6.07) is 21.1. The highest BCUT2D eigenvalue weighted by atomic mass is 35.5. The molecule has 0 aliphatic carbocycles. The maximum Gasteiger partial charge on any atom is 0.261 e. The van der Waals surface area contributed by atoms with E-state index in [2.05, 4.69) is 5.32 Å². The number of rotatable bonds is 11. The quantitative estimate of drug-likeness (QED) is 0.359. The minimum atomic E-state index is -0.775. The second-order valence-corrected chi connectivity index (χ2v) is 10.4. The van der Waals surface area contributed by atoms with Crippen LogP contribution in [0.5, 0.6) is 17.2 Å². The Morgan fingerprint density at radius 3 is 2.00 bits per heavy atom. The molecule has 0 saturated carbocycles. The van der Waals surface area contributed by atoms with Crippen LogP contribution in [0.15, 0.2) is 72.8 Å². The van der Waals surface area contributed by atoms with Crippen LogP contribution in [-0.4, -0.2) is 49.1 Å². The summed E-state index contributed by atoms with van der Waals surface area (Å²) in [5.41, 5.74) is 1.30. The van der Waals surface area contributed by atoms with E-state index in [9.17, 15) is 9.59 Å². The number of carbonyl (C=O) groups excluding carboxylic acids is 2. The highest BCUT2D eigenvalue weighted by Gasteiger charge is 2.32. The molecular weight excluding hydrogens is 504 g/mol. The summed E-state index contributed by atoms with van der Waals surface area (Å²) in [5, 5.41) is 3.64. The van der Waals surface area contributed by atoms with Crippen molar-refractivity contribution >= 4 is 23.4 Å². The van der Waals surface area contributed by atoms with Gasteiger partial charge >= 0.3 is 0 Å². The third-order valence-electron chi connectivity index (χ3n) is 5.72. The van der Waals surface area contributed by atoms with E-state index in [-0.39, 0.29) is 25.0 Å². The van der Waals surface area contributed by atoms with Gasteiger partial charge in [-0.3, -0.25) is 9.59 Å². The first-order chi connectivity index (χ1) is 18.1. The van der Waals surface area contributed by atoms with Crippen LogP contribution in [0, 0.1) is 0 Å². The number of hydrogen-bond donors (Lipinski definition) is 1. The summed E-state index contributed by atoms with van der Waals surface area (Å²) in [6.45, 7) is 5.66. The Labute approximate surface area is 229 Å². The molecule has 2 amide bonds. The highest BCUT2D eigenvalue weighted by molar-refractivity contribution is 6.30. The van der Waals surface area contributed by atoms with Crippen molar-refractivity contribution in [2.75, 3.05) is 20.8 Å². The Morgan fingerprint density at radius 2 is 1.45 bits per heavy atom. The molecule has 38 heavy (non-hydrogen) atoms. The second-order valence-electron chi connectivity index (χ2n) is 9.93. The van der Waals surface area contributed by atoms with E-state index in [1.807, 2.05) is 63.2 Å². The molecule has 0 fully saturated rings. The minimum Gasteiger partial charge on any atom is -0.496 e. The summed E-state index contributed by atoms with van der Waals surface area (Å²) >= 11 is 6.09. The molecule has 0 aromatic heterocycles. The van der Waals surface area contributed by atoms with Gasteiger partial charge in [0.25, 0.3) is 5.91 Å². The molecule has 0 saturated heterocycles. The topological polar surface area (TPSA) is 77.1 Å². The maximum atomic E-state index is 13.7. The number of nitrogens with one attached hydrogen (secondary N) is 1. The van der Waals surface area contributed by atoms with Crippen molar-refractivity contribution in [2.45, 2.75) is 45.3 Å². The summed E-state index contributed by atoms with van der Waals surface area (Å²) in [4.78, 5) is 28.9. The van der Waals surface area contributed by atoms with Gasteiger partial charge in [-0.1, -0.05) is 54.1 Å². The first kappa shape index (κ1) is 28.9. The van der Waals surface area contributed by atoms with Gasteiger partial charge in [0, 0.05) is 41.7 Å². The fourth-order valence-corrected chi connectivity index (χ4v) is 4.01. The lowest BCUT2D eigenvalue weighted by molar-refractivity contribution is -0.143. The summed E-state index contributed by atoms with van der Waals surface area (Å²) < 4.78 is 16.5. The highest BCUT2D eigenvalue weighted by Crippen LogP contribution is 2.27. The Bertz CT molecular complexity index is 1190. The van der Waals surface area contributed by atoms with Crippen LogP contribution in [-0.2, 0) is 22.6 Å². The number of ether oxygens (including phenoxy) is 3. The molecule has 0 heterocycles. The van der Waals surface area contributed by atoms with Crippen LogP contribution in [0.25, 0.3) is 0 Å². The second kappa shape index (κ2) is 13.2. The first-order valence-electron chi connectivity index (χ1n) is 12.3. The number of amides is 2. The molecular formula is C30H35ClN2O5. The lowest BCUT2D eigenvalue weighted by Crippen LogP contribution is -2.55. The predicted molar refractivity (Wildman–Crippen MR) is 149 cm³/mol. The third-order valence-corrected chi connectivity index (χ3v) is 5.97. The third kappa shape index (κ3) is 8.70. The van der Waals surface area contributed by atoms with E-state index in [0.717, 1.165) is 11.1 Å². The predicted octanol–water partition coefficient (Wildman–Crippen LogP) is 5.29. The van der Waals surface area contributed by atoms with Crippen molar-refractivity contribution in [1.82, 2.24) is 10.2 Å². The number of carbonyl (C=O) groups is 2. The average molecular weight is 539 g/mol. The molecule has 1 N–H and O–H groups in total. The Morgan fingerprint density at radius 1 is 0.868 bits per heavy atom. The molecule has 202 valence electrons. The van der Waals surface area contributed by atoms with Crippen LogP contribution in [0.4, 0.5) is 0 Å².